The monoisotopic (exact) mass is 208 g/mol. The van der Waals surface area contributed by atoms with Crippen LogP contribution >= 0.6 is 0 Å². The number of anilines is 1. The molecule has 5 nitrogen and oxygen atoms in total. The maximum absolute atomic E-state index is 10.7. The fraction of sp³-hybridized carbons (Fsp3) is 0.200. The second-order valence-corrected chi connectivity index (χ2v) is 2.82. The first-order valence-electron chi connectivity index (χ1n) is 4.30. The van der Waals surface area contributed by atoms with Crippen LogP contribution in [0, 0.1) is 10.1 Å². The molecule has 0 spiro atoms. The average Bonchev–Trinajstić information content (AvgIpc) is 2.26. The molecule has 0 saturated heterocycles. The number of nitrogens with zero attached hydrogens (tertiary/aromatic N) is 1. The van der Waals surface area contributed by atoms with E-state index >= 15 is 0 Å². The number of nitrogens with one attached hydrogen (secondary N) is 1. The highest BCUT2D eigenvalue weighted by atomic mass is 16.6. The lowest BCUT2D eigenvalue weighted by molar-refractivity contribution is -0.385. The zero-order chi connectivity index (χ0) is 11.4. The van der Waals surface area contributed by atoms with Crippen molar-refractivity contribution in [3.8, 4) is 5.75 Å². The number of rotatable bonds is 4. The first kappa shape index (κ1) is 11.0. The Labute approximate surface area is 87.5 Å². The van der Waals surface area contributed by atoms with Crippen molar-refractivity contribution in [1.29, 1.82) is 0 Å². The lowest BCUT2D eigenvalue weighted by Crippen LogP contribution is -1.98. The zero-order valence-corrected chi connectivity index (χ0v) is 8.61. The standard InChI is InChI=1S/C10H12N2O3/c1-4-7-5-8(11-2)10(15-3)6-9(7)12(13)14/h4-6,11H,1H2,2-3H3. The van der Waals surface area contributed by atoms with E-state index in [-0.39, 0.29) is 5.69 Å². The van der Waals surface area contributed by atoms with Gasteiger partial charge in [0.15, 0.2) is 0 Å². The summed E-state index contributed by atoms with van der Waals surface area (Å²) in [7, 11) is 3.18. The van der Waals surface area contributed by atoms with Crippen molar-refractivity contribution in [3.05, 3.63) is 34.4 Å². The molecule has 0 aliphatic heterocycles. The molecule has 0 aliphatic rings. The van der Waals surface area contributed by atoms with Crippen molar-refractivity contribution in [3.63, 3.8) is 0 Å². The summed E-state index contributed by atoms with van der Waals surface area (Å²) in [6.07, 6.45) is 1.44. The normalized spacial score (nSPS) is 9.47. The van der Waals surface area contributed by atoms with Gasteiger partial charge in [-0.15, -0.1) is 0 Å². The van der Waals surface area contributed by atoms with Crippen LogP contribution in [0.5, 0.6) is 5.75 Å². The molecule has 0 radical (unpaired) electrons. The Morgan fingerprint density at radius 3 is 2.67 bits per heavy atom. The Morgan fingerprint density at radius 2 is 2.27 bits per heavy atom. The minimum Gasteiger partial charge on any atom is -0.494 e. The van der Waals surface area contributed by atoms with Crippen LogP contribution in [0.15, 0.2) is 18.7 Å². The summed E-state index contributed by atoms with van der Waals surface area (Å²) in [4.78, 5) is 10.3. The fourth-order valence-electron chi connectivity index (χ4n) is 1.27. The summed E-state index contributed by atoms with van der Waals surface area (Å²) in [5.41, 5.74) is 1.14. The predicted octanol–water partition coefficient (Wildman–Crippen LogP) is 2.29. The highest BCUT2D eigenvalue weighted by molar-refractivity contribution is 5.71. The van der Waals surface area contributed by atoms with E-state index in [4.69, 9.17) is 4.74 Å². The van der Waals surface area contributed by atoms with Gasteiger partial charge in [0.25, 0.3) is 5.69 Å². The SMILES string of the molecule is C=Cc1cc(NC)c(OC)cc1[N+](=O)[O-]. The Bertz CT molecular complexity index is 402. The summed E-state index contributed by atoms with van der Waals surface area (Å²) in [6.45, 7) is 3.53. The molecule has 0 amide bonds. The van der Waals surface area contributed by atoms with Crippen molar-refractivity contribution >= 4 is 17.5 Å². The van der Waals surface area contributed by atoms with Gasteiger partial charge in [0.1, 0.15) is 5.75 Å². The van der Waals surface area contributed by atoms with Gasteiger partial charge < -0.3 is 10.1 Å². The number of nitro groups is 1. The van der Waals surface area contributed by atoms with Gasteiger partial charge in [0.05, 0.1) is 29.4 Å². The summed E-state index contributed by atoms with van der Waals surface area (Å²) in [5, 5.41) is 13.6. The van der Waals surface area contributed by atoms with Crippen molar-refractivity contribution < 1.29 is 9.66 Å². The van der Waals surface area contributed by atoms with E-state index in [1.807, 2.05) is 0 Å². The van der Waals surface area contributed by atoms with Crippen LogP contribution < -0.4 is 10.1 Å². The van der Waals surface area contributed by atoms with Crippen molar-refractivity contribution in [1.82, 2.24) is 0 Å². The third kappa shape index (κ3) is 2.07. The molecule has 80 valence electrons. The van der Waals surface area contributed by atoms with E-state index in [2.05, 4.69) is 11.9 Å². The fourth-order valence-corrected chi connectivity index (χ4v) is 1.27. The van der Waals surface area contributed by atoms with E-state index in [9.17, 15) is 10.1 Å². The molecule has 1 rings (SSSR count). The van der Waals surface area contributed by atoms with Gasteiger partial charge in [-0.25, -0.2) is 0 Å². The zero-order valence-electron chi connectivity index (χ0n) is 8.61. The van der Waals surface area contributed by atoms with Gasteiger partial charge in [-0.3, -0.25) is 10.1 Å². The highest BCUT2D eigenvalue weighted by Gasteiger charge is 2.15. The minimum absolute atomic E-state index is 0.0131. The van der Waals surface area contributed by atoms with Gasteiger partial charge in [0.2, 0.25) is 0 Å². The number of benzene rings is 1. The lowest BCUT2D eigenvalue weighted by atomic mass is 10.1. The topological polar surface area (TPSA) is 64.4 Å². The summed E-state index contributed by atoms with van der Waals surface area (Å²) in [6, 6.07) is 3.01. The van der Waals surface area contributed by atoms with Crippen LogP contribution in [-0.2, 0) is 0 Å². The molecule has 1 aromatic rings. The van der Waals surface area contributed by atoms with Crippen LogP contribution in [0.4, 0.5) is 11.4 Å². The number of methoxy groups -OCH3 is 1. The van der Waals surface area contributed by atoms with E-state index in [1.54, 1.807) is 13.1 Å². The lowest BCUT2D eigenvalue weighted by Gasteiger charge is -2.09. The highest BCUT2D eigenvalue weighted by Crippen LogP contribution is 2.32. The van der Waals surface area contributed by atoms with Crippen LogP contribution in [0.1, 0.15) is 5.56 Å². The van der Waals surface area contributed by atoms with Gasteiger partial charge in [-0.1, -0.05) is 12.7 Å². The molecule has 1 N–H and O–H groups in total. The van der Waals surface area contributed by atoms with Crippen LogP contribution in [-0.4, -0.2) is 19.1 Å². The number of hydrogen-bond acceptors (Lipinski definition) is 4. The number of ether oxygens (including phenoxy) is 1. The Balaban J connectivity index is 3.40. The summed E-state index contributed by atoms with van der Waals surface area (Å²) >= 11 is 0. The molecule has 0 atom stereocenters. The van der Waals surface area contributed by atoms with E-state index < -0.39 is 4.92 Å². The van der Waals surface area contributed by atoms with Crippen molar-refractivity contribution in [2.24, 2.45) is 0 Å². The summed E-state index contributed by atoms with van der Waals surface area (Å²) < 4.78 is 5.03. The average molecular weight is 208 g/mol. The molecule has 0 aromatic heterocycles. The molecular weight excluding hydrogens is 196 g/mol. The smallest absolute Gasteiger partial charge is 0.280 e. The van der Waals surface area contributed by atoms with Crippen LogP contribution in [0.2, 0.25) is 0 Å². The maximum Gasteiger partial charge on any atom is 0.280 e. The molecule has 0 heterocycles. The molecule has 0 saturated carbocycles. The van der Waals surface area contributed by atoms with Crippen LogP contribution in [0.3, 0.4) is 0 Å². The quantitative estimate of drug-likeness (QED) is 0.609. The first-order chi connectivity index (χ1) is 7.13. The second kappa shape index (κ2) is 4.45. The third-order valence-corrected chi connectivity index (χ3v) is 2.03. The minimum atomic E-state index is -0.459. The Hall–Kier alpha value is -2.04. The van der Waals surface area contributed by atoms with E-state index in [0.29, 0.717) is 17.0 Å². The molecule has 0 aliphatic carbocycles. The number of hydrogen-bond donors (Lipinski definition) is 1. The second-order valence-electron chi connectivity index (χ2n) is 2.82. The van der Waals surface area contributed by atoms with Gasteiger partial charge >= 0.3 is 0 Å². The van der Waals surface area contributed by atoms with E-state index in [1.165, 1.54) is 19.3 Å². The van der Waals surface area contributed by atoms with Crippen molar-refractivity contribution in [2.45, 2.75) is 0 Å². The van der Waals surface area contributed by atoms with Crippen LogP contribution in [0.25, 0.3) is 6.08 Å². The van der Waals surface area contributed by atoms with Gasteiger partial charge in [0, 0.05) is 7.05 Å². The van der Waals surface area contributed by atoms with Gasteiger partial charge in [-0.05, 0) is 6.07 Å². The third-order valence-electron chi connectivity index (χ3n) is 2.03. The molecule has 15 heavy (non-hydrogen) atoms. The predicted molar refractivity (Wildman–Crippen MR) is 59.3 cm³/mol. The van der Waals surface area contributed by atoms with E-state index in [0.717, 1.165) is 0 Å². The molecule has 0 unspecified atom stereocenters. The molecule has 1 aromatic carbocycles. The maximum atomic E-state index is 10.7. The largest absolute Gasteiger partial charge is 0.494 e. The molecule has 0 fully saturated rings. The molecular formula is C10H12N2O3. The Kier molecular flexibility index (Phi) is 3.28. The molecule has 5 heteroatoms. The Morgan fingerprint density at radius 1 is 1.60 bits per heavy atom. The molecule has 0 bridgehead atoms. The number of nitro benzene ring substituents is 1. The van der Waals surface area contributed by atoms with Crippen molar-refractivity contribution in [2.75, 3.05) is 19.5 Å². The first-order valence-corrected chi connectivity index (χ1v) is 4.30. The summed E-state index contributed by atoms with van der Waals surface area (Å²) in [5.74, 6) is 0.440. The van der Waals surface area contributed by atoms with Gasteiger partial charge in [-0.2, -0.15) is 0 Å².